The fourth-order valence-electron chi connectivity index (χ4n) is 1.99. The molecule has 0 atom stereocenters. The van der Waals surface area contributed by atoms with E-state index in [-0.39, 0.29) is 6.42 Å². The van der Waals surface area contributed by atoms with Crippen molar-refractivity contribution >= 4 is 41.0 Å². The second kappa shape index (κ2) is 9.80. The number of benzene rings is 2. The number of hydrogen-bond donors (Lipinski definition) is 2. The molecule has 2 aromatic rings. The molecule has 0 saturated heterocycles. The second-order valence-corrected chi connectivity index (χ2v) is 6.13. The molecule has 0 heterocycles. The van der Waals surface area contributed by atoms with Crippen molar-refractivity contribution in [3.63, 3.8) is 0 Å². The van der Waals surface area contributed by atoms with E-state index in [4.69, 9.17) is 32.7 Å². The van der Waals surface area contributed by atoms with Crippen LogP contribution in [0.4, 0.5) is 0 Å². The normalized spacial score (nSPS) is 10.0. The maximum Gasteiger partial charge on any atom is 0.310 e. The monoisotopic (exact) mass is 410 g/mol. The van der Waals surface area contributed by atoms with Crippen molar-refractivity contribution in [2.24, 2.45) is 0 Å². The van der Waals surface area contributed by atoms with E-state index in [9.17, 15) is 14.4 Å². The molecule has 0 fully saturated rings. The Morgan fingerprint density at radius 1 is 0.963 bits per heavy atom. The topological polar surface area (TPSA) is 93.7 Å². The van der Waals surface area contributed by atoms with Gasteiger partial charge in [-0.3, -0.25) is 25.2 Å². The minimum atomic E-state index is -0.681. The molecule has 0 bridgehead atoms. The summed E-state index contributed by atoms with van der Waals surface area (Å²) in [7, 11) is 1.51. The average molecular weight is 411 g/mol. The van der Waals surface area contributed by atoms with Crippen LogP contribution < -0.4 is 15.6 Å². The van der Waals surface area contributed by atoms with Crippen LogP contribution in [0.1, 0.15) is 15.9 Å². The molecule has 0 unspecified atom stereocenters. The predicted octanol–water partition coefficient (Wildman–Crippen LogP) is 2.55. The summed E-state index contributed by atoms with van der Waals surface area (Å²) in [6.45, 7) is -0.539. The number of ether oxygens (including phenoxy) is 2. The maximum absolute atomic E-state index is 11.9. The van der Waals surface area contributed by atoms with Crippen molar-refractivity contribution in [3.8, 4) is 5.75 Å². The van der Waals surface area contributed by atoms with E-state index in [0.717, 1.165) is 0 Å². The molecule has 0 aliphatic heterocycles. The lowest BCUT2D eigenvalue weighted by molar-refractivity contribution is -0.148. The first kappa shape index (κ1) is 20.5. The van der Waals surface area contributed by atoms with Crippen molar-refractivity contribution < 1.29 is 23.9 Å². The van der Waals surface area contributed by atoms with Crippen LogP contribution in [-0.4, -0.2) is 31.5 Å². The van der Waals surface area contributed by atoms with Gasteiger partial charge >= 0.3 is 5.97 Å². The highest BCUT2D eigenvalue weighted by Gasteiger charge is 2.11. The maximum atomic E-state index is 11.9. The molecule has 0 aliphatic rings. The number of hydrogen-bond acceptors (Lipinski definition) is 5. The van der Waals surface area contributed by atoms with Crippen LogP contribution in [0.5, 0.6) is 5.75 Å². The van der Waals surface area contributed by atoms with Gasteiger partial charge in [0, 0.05) is 5.56 Å². The Labute approximate surface area is 165 Å². The van der Waals surface area contributed by atoms with Crippen LogP contribution in [0, 0.1) is 0 Å². The third-order valence-corrected chi connectivity index (χ3v) is 4.10. The van der Waals surface area contributed by atoms with Gasteiger partial charge < -0.3 is 9.47 Å². The molecule has 0 aromatic heterocycles. The number of rotatable bonds is 6. The summed E-state index contributed by atoms with van der Waals surface area (Å²) in [5, 5.41) is 0.696. The molecule has 2 rings (SSSR count). The Morgan fingerprint density at radius 2 is 1.67 bits per heavy atom. The molecule has 27 heavy (non-hydrogen) atoms. The molecule has 0 saturated carbocycles. The smallest absolute Gasteiger partial charge is 0.310 e. The highest BCUT2D eigenvalue weighted by Crippen LogP contribution is 2.22. The van der Waals surface area contributed by atoms with Gasteiger partial charge in [-0.15, -0.1) is 0 Å². The lowest BCUT2D eigenvalue weighted by Crippen LogP contribution is -2.43. The van der Waals surface area contributed by atoms with Crippen LogP contribution in [0.25, 0.3) is 0 Å². The Kier molecular flexibility index (Phi) is 7.45. The van der Waals surface area contributed by atoms with Crippen LogP contribution in [0.15, 0.2) is 42.5 Å². The molecule has 2 aromatic carbocycles. The van der Waals surface area contributed by atoms with Crippen molar-refractivity contribution in [3.05, 3.63) is 63.6 Å². The molecular formula is C18H16Cl2N2O5. The standard InChI is InChI=1S/C18H16Cl2N2O5/c1-26-13-5-3-12(4-6-13)18(25)22-21-16(23)10-27-17(24)9-11-2-7-14(19)15(20)8-11/h2-8H,9-10H2,1H3,(H,21,23)(H,22,25). The van der Waals surface area contributed by atoms with Gasteiger partial charge in [-0.2, -0.15) is 0 Å². The summed E-state index contributed by atoms with van der Waals surface area (Å²) in [5.74, 6) is -1.22. The Morgan fingerprint density at radius 3 is 2.30 bits per heavy atom. The lowest BCUT2D eigenvalue weighted by Gasteiger charge is -2.09. The van der Waals surface area contributed by atoms with Gasteiger partial charge in [0.25, 0.3) is 11.8 Å². The van der Waals surface area contributed by atoms with Gasteiger partial charge in [-0.1, -0.05) is 29.3 Å². The summed E-state index contributed by atoms with van der Waals surface area (Å²) in [4.78, 5) is 35.3. The first-order valence-corrected chi connectivity index (χ1v) is 8.47. The number of methoxy groups -OCH3 is 1. The zero-order valence-corrected chi connectivity index (χ0v) is 15.8. The molecule has 7 nitrogen and oxygen atoms in total. The van der Waals surface area contributed by atoms with Crippen molar-refractivity contribution in [1.82, 2.24) is 10.9 Å². The van der Waals surface area contributed by atoms with E-state index in [2.05, 4.69) is 10.9 Å². The zero-order valence-electron chi connectivity index (χ0n) is 14.3. The second-order valence-electron chi connectivity index (χ2n) is 5.32. The van der Waals surface area contributed by atoms with Gasteiger partial charge in [0.15, 0.2) is 6.61 Å². The Hall–Kier alpha value is -2.77. The minimum absolute atomic E-state index is 0.0671. The summed E-state index contributed by atoms with van der Waals surface area (Å²) >= 11 is 11.7. The highest BCUT2D eigenvalue weighted by molar-refractivity contribution is 6.42. The lowest BCUT2D eigenvalue weighted by atomic mass is 10.1. The van der Waals surface area contributed by atoms with E-state index in [1.807, 2.05) is 0 Å². The van der Waals surface area contributed by atoms with E-state index < -0.39 is 24.4 Å². The van der Waals surface area contributed by atoms with Crippen molar-refractivity contribution in [2.45, 2.75) is 6.42 Å². The van der Waals surface area contributed by atoms with Gasteiger partial charge in [-0.25, -0.2) is 0 Å². The minimum Gasteiger partial charge on any atom is -0.497 e. The fourth-order valence-corrected chi connectivity index (χ4v) is 2.31. The molecule has 9 heteroatoms. The zero-order chi connectivity index (χ0) is 19.8. The van der Waals surface area contributed by atoms with Crippen LogP contribution in [0.2, 0.25) is 10.0 Å². The van der Waals surface area contributed by atoms with Crippen molar-refractivity contribution in [2.75, 3.05) is 13.7 Å². The molecule has 0 aliphatic carbocycles. The third kappa shape index (κ3) is 6.47. The third-order valence-electron chi connectivity index (χ3n) is 3.36. The van der Waals surface area contributed by atoms with E-state index >= 15 is 0 Å². The number of amides is 2. The molecule has 142 valence electrons. The Balaban J connectivity index is 1.74. The largest absolute Gasteiger partial charge is 0.497 e. The number of carbonyl (C=O) groups is 3. The van der Waals surface area contributed by atoms with Crippen molar-refractivity contribution in [1.29, 1.82) is 0 Å². The fraction of sp³-hybridized carbons (Fsp3) is 0.167. The van der Waals surface area contributed by atoms with Crippen LogP contribution in [0.3, 0.4) is 0 Å². The van der Waals surface area contributed by atoms with E-state index in [0.29, 0.717) is 26.9 Å². The van der Waals surface area contributed by atoms with Gasteiger partial charge in [-0.05, 0) is 42.0 Å². The molecule has 0 spiro atoms. The predicted molar refractivity (Wildman–Crippen MR) is 99.7 cm³/mol. The number of nitrogens with one attached hydrogen (secondary N) is 2. The summed E-state index contributed by atoms with van der Waals surface area (Å²) in [6.07, 6.45) is -0.0671. The van der Waals surface area contributed by atoms with Crippen LogP contribution in [-0.2, 0) is 20.7 Å². The summed E-state index contributed by atoms with van der Waals surface area (Å²) in [5.41, 5.74) is 5.31. The number of esters is 1. The van der Waals surface area contributed by atoms with Crippen LogP contribution >= 0.6 is 23.2 Å². The van der Waals surface area contributed by atoms with Gasteiger partial charge in [0.05, 0.1) is 23.6 Å². The SMILES string of the molecule is COc1ccc(C(=O)NNC(=O)COC(=O)Cc2ccc(Cl)c(Cl)c2)cc1. The van der Waals surface area contributed by atoms with E-state index in [1.165, 1.54) is 19.2 Å². The summed E-state index contributed by atoms with van der Waals surface area (Å²) < 4.78 is 9.84. The molecular weight excluding hydrogens is 395 g/mol. The summed E-state index contributed by atoms with van der Waals surface area (Å²) in [6, 6.07) is 11.0. The van der Waals surface area contributed by atoms with E-state index in [1.54, 1.807) is 30.3 Å². The first-order valence-electron chi connectivity index (χ1n) is 7.72. The quantitative estimate of drug-likeness (QED) is 0.563. The number of halogens is 2. The highest BCUT2D eigenvalue weighted by atomic mass is 35.5. The average Bonchev–Trinajstić information content (AvgIpc) is 2.67. The number of carbonyl (C=O) groups excluding carboxylic acids is 3. The number of hydrazine groups is 1. The van der Waals surface area contributed by atoms with Gasteiger partial charge in [0.1, 0.15) is 5.75 Å². The molecule has 0 radical (unpaired) electrons. The van der Waals surface area contributed by atoms with Gasteiger partial charge in [0.2, 0.25) is 0 Å². The molecule has 2 N–H and O–H groups in total. The Bertz CT molecular complexity index is 840. The molecule has 2 amide bonds. The first-order chi connectivity index (χ1) is 12.9.